The van der Waals surface area contributed by atoms with Crippen LogP contribution in [0.4, 0.5) is 0 Å². The van der Waals surface area contributed by atoms with Gasteiger partial charge in [0.2, 0.25) is 0 Å². The lowest BCUT2D eigenvalue weighted by atomic mass is 10.1. The zero-order chi connectivity index (χ0) is 8.20. The maximum Gasteiger partial charge on any atom is 0.181 e. The maximum atomic E-state index is 8.53. The molecule has 0 saturated heterocycles. The molecule has 0 aliphatic heterocycles. The summed E-state index contributed by atoms with van der Waals surface area (Å²) < 4.78 is 4.79. The number of aliphatic imine (C=N–C) groups is 1. The summed E-state index contributed by atoms with van der Waals surface area (Å²) in [4.78, 5) is 3.98. The van der Waals surface area contributed by atoms with Crippen LogP contribution >= 0.6 is 0 Å². The number of ether oxygens (including phenoxy) is 1. The molecule has 0 amide bonds. The molecule has 0 aliphatic rings. The largest absolute Gasteiger partial charge is 0.484 e. The van der Waals surface area contributed by atoms with Crippen molar-refractivity contribution in [2.45, 2.75) is 26.3 Å². The zero-order valence-corrected chi connectivity index (χ0v) is 6.80. The molecule has 0 fully saturated rings. The van der Waals surface area contributed by atoms with Crippen LogP contribution in [0.2, 0.25) is 0 Å². The maximum absolute atomic E-state index is 8.53. The van der Waals surface area contributed by atoms with Gasteiger partial charge in [-0.2, -0.15) is 5.26 Å². The molecule has 3 nitrogen and oxygen atoms in total. The van der Waals surface area contributed by atoms with E-state index in [1.165, 1.54) is 7.11 Å². The molecule has 0 unspecified atom stereocenters. The van der Waals surface area contributed by atoms with Gasteiger partial charge in [0, 0.05) is 6.92 Å². The molecule has 0 aromatic carbocycles. The van der Waals surface area contributed by atoms with E-state index in [4.69, 9.17) is 10.00 Å². The lowest BCUT2D eigenvalue weighted by molar-refractivity contribution is 0.391. The summed E-state index contributed by atoms with van der Waals surface area (Å²) in [5.41, 5.74) is -0.667. The van der Waals surface area contributed by atoms with Gasteiger partial charge in [-0.25, -0.2) is 4.99 Å². The number of nitrogens with zero attached hydrogens (tertiary/aromatic N) is 2. The Labute approximate surface area is 61.3 Å². The number of hydrogen-bond acceptors (Lipinski definition) is 3. The Morgan fingerprint density at radius 2 is 2.10 bits per heavy atom. The van der Waals surface area contributed by atoms with Crippen LogP contribution < -0.4 is 0 Å². The molecule has 0 atom stereocenters. The minimum atomic E-state index is -0.667. The van der Waals surface area contributed by atoms with E-state index in [1.54, 1.807) is 20.8 Å². The molecular formula is C7H12N2O. The minimum Gasteiger partial charge on any atom is -0.484 e. The van der Waals surface area contributed by atoms with E-state index in [0.717, 1.165) is 0 Å². The fraction of sp³-hybridized carbons (Fsp3) is 0.714. The van der Waals surface area contributed by atoms with Crippen LogP contribution in [0.25, 0.3) is 0 Å². The zero-order valence-electron chi connectivity index (χ0n) is 6.80. The van der Waals surface area contributed by atoms with E-state index < -0.39 is 5.54 Å². The number of hydrogen-bond donors (Lipinski definition) is 0. The van der Waals surface area contributed by atoms with Crippen molar-refractivity contribution in [3.63, 3.8) is 0 Å². The predicted octanol–water partition coefficient (Wildman–Crippen LogP) is 1.35. The summed E-state index contributed by atoms with van der Waals surface area (Å²) in [5, 5.41) is 8.53. The van der Waals surface area contributed by atoms with Crippen molar-refractivity contribution < 1.29 is 4.74 Å². The molecule has 0 saturated carbocycles. The van der Waals surface area contributed by atoms with Crippen molar-refractivity contribution in [1.82, 2.24) is 0 Å². The highest BCUT2D eigenvalue weighted by Gasteiger charge is 2.14. The first kappa shape index (κ1) is 8.96. The van der Waals surface area contributed by atoms with Crippen LogP contribution in [-0.2, 0) is 4.74 Å². The van der Waals surface area contributed by atoms with Gasteiger partial charge in [0.15, 0.2) is 5.90 Å². The van der Waals surface area contributed by atoms with E-state index in [1.807, 2.05) is 6.07 Å². The molecule has 0 aliphatic carbocycles. The molecule has 0 spiro atoms. The second kappa shape index (κ2) is 3.21. The molecule has 56 valence electrons. The molecule has 0 aromatic heterocycles. The topological polar surface area (TPSA) is 45.4 Å². The second-order valence-electron chi connectivity index (χ2n) is 2.51. The van der Waals surface area contributed by atoms with Gasteiger partial charge in [-0.05, 0) is 13.8 Å². The van der Waals surface area contributed by atoms with Gasteiger partial charge >= 0.3 is 0 Å². The summed E-state index contributed by atoms with van der Waals surface area (Å²) in [6.45, 7) is 5.18. The second-order valence-corrected chi connectivity index (χ2v) is 2.51. The lowest BCUT2D eigenvalue weighted by Crippen LogP contribution is -2.15. The quantitative estimate of drug-likeness (QED) is 0.407. The summed E-state index contributed by atoms with van der Waals surface area (Å²) in [7, 11) is 1.53. The fourth-order valence-corrected chi connectivity index (χ4v) is 0.464. The first-order valence-electron chi connectivity index (χ1n) is 3.03. The molecule has 10 heavy (non-hydrogen) atoms. The van der Waals surface area contributed by atoms with Gasteiger partial charge < -0.3 is 4.74 Å². The first-order chi connectivity index (χ1) is 4.52. The molecule has 0 N–H and O–H groups in total. The van der Waals surface area contributed by atoms with Gasteiger partial charge in [-0.15, -0.1) is 0 Å². The van der Waals surface area contributed by atoms with Gasteiger partial charge in [0.05, 0.1) is 13.2 Å². The van der Waals surface area contributed by atoms with E-state index in [0.29, 0.717) is 5.90 Å². The normalized spacial score (nSPS) is 12.5. The SMILES string of the molecule is CO/C(C)=N/C(C)(C)C#N. The third-order valence-electron chi connectivity index (χ3n) is 1.01. The van der Waals surface area contributed by atoms with Gasteiger partial charge in [0.1, 0.15) is 5.54 Å². The minimum absolute atomic E-state index is 0.534. The summed E-state index contributed by atoms with van der Waals surface area (Å²) in [6.07, 6.45) is 0. The highest BCUT2D eigenvalue weighted by atomic mass is 16.5. The van der Waals surface area contributed by atoms with Gasteiger partial charge in [-0.1, -0.05) is 0 Å². The smallest absolute Gasteiger partial charge is 0.181 e. The number of methoxy groups -OCH3 is 1. The Balaban J connectivity index is 4.27. The lowest BCUT2D eigenvalue weighted by Gasteiger charge is -2.09. The molecule has 0 radical (unpaired) electrons. The molecular weight excluding hydrogens is 128 g/mol. The fourth-order valence-electron chi connectivity index (χ4n) is 0.464. The van der Waals surface area contributed by atoms with Crippen molar-refractivity contribution in [2.75, 3.05) is 7.11 Å². The third-order valence-corrected chi connectivity index (χ3v) is 1.01. The number of rotatable bonds is 1. The molecule has 0 bridgehead atoms. The Kier molecular flexibility index (Phi) is 2.88. The monoisotopic (exact) mass is 140 g/mol. The third kappa shape index (κ3) is 3.08. The molecule has 0 aromatic rings. The first-order valence-corrected chi connectivity index (χ1v) is 3.03. The van der Waals surface area contributed by atoms with Crippen LogP contribution in [0.3, 0.4) is 0 Å². The van der Waals surface area contributed by atoms with E-state index in [-0.39, 0.29) is 0 Å². The van der Waals surface area contributed by atoms with Crippen molar-refractivity contribution >= 4 is 5.90 Å². The van der Waals surface area contributed by atoms with Crippen LogP contribution in [0.5, 0.6) is 0 Å². The predicted molar refractivity (Wildman–Crippen MR) is 39.8 cm³/mol. The highest BCUT2D eigenvalue weighted by molar-refractivity contribution is 5.73. The Morgan fingerprint density at radius 3 is 2.40 bits per heavy atom. The molecule has 3 heteroatoms. The summed E-state index contributed by atoms with van der Waals surface area (Å²) in [5.74, 6) is 0.534. The average molecular weight is 140 g/mol. The van der Waals surface area contributed by atoms with Crippen molar-refractivity contribution in [3.05, 3.63) is 0 Å². The van der Waals surface area contributed by atoms with Crippen molar-refractivity contribution in [2.24, 2.45) is 4.99 Å². The Bertz CT molecular complexity index is 177. The van der Waals surface area contributed by atoms with Crippen LogP contribution in [0.15, 0.2) is 4.99 Å². The van der Waals surface area contributed by atoms with Crippen LogP contribution in [0.1, 0.15) is 20.8 Å². The van der Waals surface area contributed by atoms with Crippen LogP contribution in [-0.4, -0.2) is 18.5 Å². The van der Waals surface area contributed by atoms with Crippen molar-refractivity contribution in [1.29, 1.82) is 5.26 Å². The standard InChI is InChI=1S/C7H12N2O/c1-6(10-4)9-7(2,3)5-8/h1-4H3/b9-6+. The van der Waals surface area contributed by atoms with Crippen molar-refractivity contribution in [3.8, 4) is 6.07 Å². The van der Waals surface area contributed by atoms with E-state index in [9.17, 15) is 0 Å². The van der Waals surface area contributed by atoms with Gasteiger partial charge in [-0.3, -0.25) is 0 Å². The summed E-state index contributed by atoms with van der Waals surface area (Å²) >= 11 is 0. The van der Waals surface area contributed by atoms with Gasteiger partial charge in [0.25, 0.3) is 0 Å². The van der Waals surface area contributed by atoms with E-state index >= 15 is 0 Å². The molecule has 0 heterocycles. The number of nitriles is 1. The van der Waals surface area contributed by atoms with E-state index in [2.05, 4.69) is 4.99 Å². The summed E-state index contributed by atoms with van der Waals surface area (Å²) in [6, 6.07) is 2.04. The Morgan fingerprint density at radius 1 is 1.60 bits per heavy atom. The van der Waals surface area contributed by atoms with Crippen LogP contribution in [0, 0.1) is 11.3 Å². The average Bonchev–Trinajstić information content (AvgIpc) is 1.87. The highest BCUT2D eigenvalue weighted by Crippen LogP contribution is 2.06. The molecule has 0 rings (SSSR count). The Hall–Kier alpha value is -1.04.